The summed E-state index contributed by atoms with van der Waals surface area (Å²) in [6.45, 7) is 11.7. The van der Waals surface area contributed by atoms with Gasteiger partial charge in [-0.05, 0) is 38.1 Å². The van der Waals surface area contributed by atoms with Crippen molar-refractivity contribution in [3.8, 4) is 0 Å². The first-order chi connectivity index (χ1) is 14.3. The fraction of sp³-hybridized carbons (Fsp3) is 0.762. The van der Waals surface area contributed by atoms with Crippen LogP contribution in [0.1, 0.15) is 37.6 Å². The van der Waals surface area contributed by atoms with Gasteiger partial charge in [0.15, 0.2) is 5.96 Å². The number of guanidine groups is 1. The molecule has 3 atom stereocenters. The van der Waals surface area contributed by atoms with Crippen LogP contribution in [-0.4, -0.2) is 82.2 Å². The highest BCUT2D eigenvalue weighted by atomic mass is 127. The molecule has 1 aromatic heterocycles. The van der Waals surface area contributed by atoms with Crippen LogP contribution in [0.25, 0.3) is 0 Å². The molecule has 2 fully saturated rings. The van der Waals surface area contributed by atoms with E-state index < -0.39 is 0 Å². The van der Waals surface area contributed by atoms with Crippen LogP contribution >= 0.6 is 35.3 Å². The van der Waals surface area contributed by atoms with Gasteiger partial charge in [-0.2, -0.15) is 0 Å². The number of ether oxygens (including phenoxy) is 3. The quantitative estimate of drug-likeness (QED) is 0.202. The second-order valence-corrected chi connectivity index (χ2v) is 8.54. The lowest BCUT2D eigenvalue weighted by molar-refractivity contribution is -0.0327. The summed E-state index contributed by atoms with van der Waals surface area (Å²) < 4.78 is 16.9. The Hall–Kier alpha value is -0.460. The Kier molecular flexibility index (Phi) is 12.5. The second-order valence-electron chi connectivity index (χ2n) is 7.56. The van der Waals surface area contributed by atoms with Gasteiger partial charge < -0.3 is 24.8 Å². The lowest BCUT2D eigenvalue weighted by Crippen LogP contribution is -2.44. The molecule has 0 spiro atoms. The zero-order valence-corrected chi connectivity index (χ0v) is 21.3. The van der Waals surface area contributed by atoms with Gasteiger partial charge in [0.05, 0.1) is 38.0 Å². The average molecular weight is 553 g/mol. The maximum atomic E-state index is 5.84. The molecule has 9 heteroatoms. The molecule has 7 nitrogen and oxygen atoms in total. The van der Waals surface area contributed by atoms with Gasteiger partial charge in [0.2, 0.25) is 0 Å². The van der Waals surface area contributed by atoms with E-state index in [-0.39, 0.29) is 36.2 Å². The molecule has 3 rings (SSSR count). The zero-order valence-electron chi connectivity index (χ0n) is 18.2. The van der Waals surface area contributed by atoms with Gasteiger partial charge in [-0.25, -0.2) is 0 Å². The van der Waals surface area contributed by atoms with E-state index in [1.54, 1.807) is 0 Å². The van der Waals surface area contributed by atoms with Crippen LogP contribution in [0.15, 0.2) is 22.5 Å². The largest absolute Gasteiger partial charge is 0.379 e. The molecule has 0 saturated carbocycles. The number of halogens is 1. The molecule has 0 aliphatic carbocycles. The van der Waals surface area contributed by atoms with Gasteiger partial charge in [0.25, 0.3) is 0 Å². The number of hydrogen-bond donors (Lipinski definition) is 2. The molecule has 1 aromatic rings. The van der Waals surface area contributed by atoms with Crippen molar-refractivity contribution in [2.45, 2.75) is 44.9 Å². The smallest absolute Gasteiger partial charge is 0.191 e. The van der Waals surface area contributed by atoms with E-state index >= 15 is 0 Å². The van der Waals surface area contributed by atoms with Crippen LogP contribution in [0.3, 0.4) is 0 Å². The number of aliphatic imine (C=N–C) groups is 1. The Labute approximate surface area is 202 Å². The monoisotopic (exact) mass is 552 g/mol. The average Bonchev–Trinajstić information content (AvgIpc) is 3.42. The van der Waals surface area contributed by atoms with Crippen molar-refractivity contribution < 1.29 is 14.2 Å². The molecular weight excluding hydrogens is 515 g/mol. The van der Waals surface area contributed by atoms with Gasteiger partial charge in [-0.15, -0.1) is 35.3 Å². The highest BCUT2D eigenvalue weighted by Crippen LogP contribution is 2.27. The molecule has 0 bridgehead atoms. The summed E-state index contributed by atoms with van der Waals surface area (Å²) in [5, 5.41) is 8.96. The van der Waals surface area contributed by atoms with Crippen molar-refractivity contribution in [2.24, 2.45) is 4.99 Å². The lowest BCUT2D eigenvalue weighted by atomic mass is 10.1. The van der Waals surface area contributed by atoms with Crippen molar-refractivity contribution >= 4 is 41.3 Å². The highest BCUT2D eigenvalue weighted by Gasteiger charge is 2.26. The van der Waals surface area contributed by atoms with Crippen LogP contribution in [0, 0.1) is 0 Å². The molecule has 172 valence electrons. The van der Waals surface area contributed by atoms with Crippen molar-refractivity contribution in [1.29, 1.82) is 0 Å². The minimum absolute atomic E-state index is 0. The zero-order chi connectivity index (χ0) is 20.3. The minimum Gasteiger partial charge on any atom is -0.379 e. The van der Waals surface area contributed by atoms with Gasteiger partial charge >= 0.3 is 0 Å². The van der Waals surface area contributed by atoms with Crippen LogP contribution in [0.4, 0.5) is 0 Å². The first-order valence-electron chi connectivity index (χ1n) is 10.9. The summed E-state index contributed by atoms with van der Waals surface area (Å²) >= 11 is 1.81. The third-order valence-corrected chi connectivity index (χ3v) is 6.18. The maximum Gasteiger partial charge on any atom is 0.191 e. The predicted molar refractivity (Wildman–Crippen MR) is 133 cm³/mol. The molecule has 2 aliphatic heterocycles. The number of hydrogen-bond acceptors (Lipinski definition) is 6. The molecule has 0 radical (unpaired) electrons. The number of morpholine rings is 1. The fourth-order valence-electron chi connectivity index (χ4n) is 3.69. The lowest BCUT2D eigenvalue weighted by Gasteiger charge is -2.36. The van der Waals surface area contributed by atoms with E-state index in [0.717, 1.165) is 78.0 Å². The molecule has 0 aromatic carbocycles. The van der Waals surface area contributed by atoms with Gasteiger partial charge in [-0.1, -0.05) is 6.07 Å². The predicted octanol–water partition coefficient (Wildman–Crippen LogP) is 2.88. The molecule has 3 unspecified atom stereocenters. The van der Waals surface area contributed by atoms with E-state index in [0.29, 0.717) is 6.04 Å². The van der Waals surface area contributed by atoms with E-state index in [2.05, 4.69) is 46.9 Å². The van der Waals surface area contributed by atoms with Gasteiger partial charge in [0, 0.05) is 44.3 Å². The van der Waals surface area contributed by atoms with Crippen LogP contribution < -0.4 is 10.6 Å². The summed E-state index contributed by atoms with van der Waals surface area (Å²) in [5.74, 6) is 0.875. The third kappa shape index (κ3) is 8.58. The van der Waals surface area contributed by atoms with Gasteiger partial charge in [-0.3, -0.25) is 9.89 Å². The molecule has 3 heterocycles. The summed E-state index contributed by atoms with van der Waals surface area (Å²) in [7, 11) is 0. The number of thiophene rings is 1. The van der Waals surface area contributed by atoms with Crippen molar-refractivity contribution in [2.75, 3.05) is 59.2 Å². The summed E-state index contributed by atoms with van der Waals surface area (Å²) in [5.41, 5.74) is 0. The van der Waals surface area contributed by atoms with Crippen LogP contribution in [-0.2, 0) is 14.2 Å². The van der Waals surface area contributed by atoms with E-state index in [4.69, 9.17) is 19.2 Å². The molecule has 2 saturated heterocycles. The van der Waals surface area contributed by atoms with E-state index in [1.165, 1.54) is 4.88 Å². The van der Waals surface area contributed by atoms with Gasteiger partial charge in [0.1, 0.15) is 0 Å². The van der Waals surface area contributed by atoms with Crippen molar-refractivity contribution in [1.82, 2.24) is 15.5 Å². The SMILES string of the molecule is CCNC(=NCC(c1cccs1)N1CCOC(C)C1)NCCCOC1CCOC1.I. The van der Waals surface area contributed by atoms with Crippen molar-refractivity contribution in [3.63, 3.8) is 0 Å². The molecule has 0 amide bonds. The van der Waals surface area contributed by atoms with Crippen LogP contribution in [0.5, 0.6) is 0 Å². The first-order valence-corrected chi connectivity index (χ1v) is 11.7. The highest BCUT2D eigenvalue weighted by molar-refractivity contribution is 14.0. The fourth-order valence-corrected chi connectivity index (χ4v) is 4.54. The van der Waals surface area contributed by atoms with E-state index in [9.17, 15) is 0 Å². The second kappa shape index (κ2) is 14.6. The summed E-state index contributed by atoms with van der Waals surface area (Å²) in [6, 6.07) is 4.64. The Morgan fingerprint density at radius 2 is 2.30 bits per heavy atom. The molecule has 2 N–H and O–H groups in total. The minimum atomic E-state index is 0. The molecule has 2 aliphatic rings. The van der Waals surface area contributed by atoms with E-state index in [1.807, 2.05) is 11.3 Å². The molecule has 30 heavy (non-hydrogen) atoms. The third-order valence-electron chi connectivity index (χ3n) is 5.21. The normalized spacial score (nSPS) is 23.7. The molecular formula is C21H37IN4O3S. The topological polar surface area (TPSA) is 67.4 Å². The number of nitrogens with zero attached hydrogens (tertiary/aromatic N) is 2. The Morgan fingerprint density at radius 3 is 3.00 bits per heavy atom. The number of rotatable bonds is 10. The standard InChI is InChI=1S/C21H36N4O3S.HI/c1-3-22-21(23-8-5-10-28-18-7-11-26-16-18)24-14-19(20-6-4-13-29-20)25-9-12-27-17(2)15-25;/h4,6,13,17-19H,3,5,7-12,14-16H2,1-2H3,(H2,22,23,24);1H. The summed E-state index contributed by atoms with van der Waals surface area (Å²) in [6.07, 6.45) is 2.52. The Bertz CT molecular complexity index is 599. The summed E-state index contributed by atoms with van der Waals surface area (Å²) in [4.78, 5) is 8.77. The Morgan fingerprint density at radius 1 is 1.40 bits per heavy atom. The maximum absolute atomic E-state index is 5.84. The number of nitrogens with one attached hydrogen (secondary N) is 2. The first kappa shape index (κ1) is 25.8. The van der Waals surface area contributed by atoms with Crippen molar-refractivity contribution in [3.05, 3.63) is 22.4 Å². The Balaban J connectivity index is 0.00000320. The van der Waals surface area contributed by atoms with Crippen LogP contribution in [0.2, 0.25) is 0 Å².